The van der Waals surface area contributed by atoms with Gasteiger partial charge in [-0.2, -0.15) is 0 Å². The summed E-state index contributed by atoms with van der Waals surface area (Å²) < 4.78 is 32.2. The van der Waals surface area contributed by atoms with E-state index in [9.17, 15) is 13.6 Å². The van der Waals surface area contributed by atoms with Gasteiger partial charge in [0.2, 0.25) is 5.91 Å². The van der Waals surface area contributed by atoms with E-state index >= 15 is 0 Å². The van der Waals surface area contributed by atoms with Crippen LogP contribution < -0.4 is 10.1 Å². The number of methoxy groups -OCH3 is 1. The zero-order chi connectivity index (χ0) is 23.7. The Morgan fingerprint density at radius 2 is 1.88 bits per heavy atom. The van der Waals surface area contributed by atoms with Gasteiger partial charge in [-0.05, 0) is 66.6 Å². The number of carbonyl (C=O) groups excluding carboxylic acids is 1. The molecule has 1 heterocycles. The maximum absolute atomic E-state index is 13.6. The number of halogens is 2. The average Bonchev–Trinajstić information content (AvgIpc) is 3.34. The van der Waals surface area contributed by atoms with Gasteiger partial charge in [0.1, 0.15) is 5.75 Å². The molecule has 1 N–H and O–H groups in total. The summed E-state index contributed by atoms with van der Waals surface area (Å²) in [6, 6.07) is 9.52. The second-order valence-electron chi connectivity index (χ2n) is 9.17. The Bertz CT molecular complexity index is 1240. The highest BCUT2D eigenvalue weighted by Crippen LogP contribution is 2.36. The smallest absolute Gasteiger partial charge is 0.229 e. The van der Waals surface area contributed by atoms with Gasteiger partial charge >= 0.3 is 0 Å². The second kappa shape index (κ2) is 9.49. The van der Waals surface area contributed by atoms with Crippen molar-refractivity contribution in [3.8, 4) is 17.0 Å². The zero-order valence-corrected chi connectivity index (χ0v) is 19.2. The van der Waals surface area contributed by atoms with Crippen molar-refractivity contribution in [1.82, 2.24) is 9.97 Å². The fourth-order valence-corrected chi connectivity index (χ4v) is 5.02. The van der Waals surface area contributed by atoms with Crippen LogP contribution in [0.4, 0.5) is 14.6 Å². The second-order valence-corrected chi connectivity index (χ2v) is 9.17. The van der Waals surface area contributed by atoms with E-state index in [4.69, 9.17) is 14.7 Å². The summed E-state index contributed by atoms with van der Waals surface area (Å²) in [7, 11) is 1.66. The summed E-state index contributed by atoms with van der Waals surface area (Å²) in [5.74, 6) is -0.391. The minimum Gasteiger partial charge on any atom is -0.497 e. The first-order chi connectivity index (χ1) is 16.5. The molecule has 1 amide bonds. The lowest BCUT2D eigenvalue weighted by Crippen LogP contribution is -2.20. The molecule has 0 saturated heterocycles. The number of hydrogen-bond acceptors (Lipinski definition) is 4. The Morgan fingerprint density at radius 3 is 2.65 bits per heavy atom. The Morgan fingerprint density at radius 1 is 1.06 bits per heavy atom. The molecule has 0 atom stereocenters. The molecule has 2 aromatic carbocycles. The molecule has 5 rings (SSSR count). The largest absolute Gasteiger partial charge is 0.497 e. The number of aryl methyl sites for hydroxylation is 2. The molecule has 2 aliphatic rings. The van der Waals surface area contributed by atoms with Crippen LogP contribution in [-0.2, 0) is 30.5 Å². The number of anilines is 1. The van der Waals surface area contributed by atoms with E-state index in [0.717, 1.165) is 72.6 Å². The van der Waals surface area contributed by atoms with Gasteiger partial charge in [-0.15, -0.1) is 0 Å². The van der Waals surface area contributed by atoms with E-state index in [1.54, 1.807) is 7.11 Å². The third-order valence-corrected chi connectivity index (χ3v) is 6.80. The lowest BCUT2D eigenvalue weighted by molar-refractivity contribution is -0.115. The fraction of sp³-hybridized carbons (Fsp3) is 0.370. The number of nitrogens with one attached hydrogen (secondary N) is 1. The minimum atomic E-state index is -0.962. The number of hydrogen-bond donors (Lipinski definition) is 1. The lowest BCUT2D eigenvalue weighted by atomic mass is 9.91. The molecule has 1 fully saturated rings. The van der Waals surface area contributed by atoms with E-state index in [0.29, 0.717) is 17.3 Å². The Hall–Kier alpha value is -3.35. The number of fused-ring (bicyclic) bond motifs is 3. The van der Waals surface area contributed by atoms with Crippen LogP contribution in [0.3, 0.4) is 0 Å². The summed E-state index contributed by atoms with van der Waals surface area (Å²) in [6.45, 7) is 0. The maximum atomic E-state index is 13.6. The van der Waals surface area contributed by atoms with Crippen LogP contribution in [0.1, 0.15) is 48.2 Å². The zero-order valence-electron chi connectivity index (χ0n) is 19.2. The van der Waals surface area contributed by atoms with Crippen LogP contribution in [0.5, 0.6) is 5.75 Å². The number of carbonyl (C=O) groups is 1. The van der Waals surface area contributed by atoms with Gasteiger partial charge < -0.3 is 10.1 Å². The van der Waals surface area contributed by atoms with E-state index in [1.807, 2.05) is 18.2 Å². The summed E-state index contributed by atoms with van der Waals surface area (Å²) in [6.07, 6.45) is 6.95. The lowest BCUT2D eigenvalue weighted by Gasteiger charge is -2.22. The number of aromatic nitrogens is 2. The van der Waals surface area contributed by atoms with Gasteiger partial charge in [0, 0.05) is 5.56 Å². The first kappa shape index (κ1) is 22.4. The summed E-state index contributed by atoms with van der Waals surface area (Å²) in [5.41, 5.74) is 5.16. The van der Waals surface area contributed by atoms with Gasteiger partial charge in [-0.25, -0.2) is 18.7 Å². The molecular formula is C27H27F2N3O2. The highest BCUT2D eigenvalue weighted by molar-refractivity contribution is 5.92. The minimum absolute atomic E-state index is 0.0680. The molecule has 0 bridgehead atoms. The van der Waals surface area contributed by atoms with Gasteiger partial charge in [-0.1, -0.05) is 31.7 Å². The summed E-state index contributed by atoms with van der Waals surface area (Å²) in [4.78, 5) is 22.7. The van der Waals surface area contributed by atoms with Crippen molar-refractivity contribution >= 4 is 11.7 Å². The van der Waals surface area contributed by atoms with Gasteiger partial charge in [0.05, 0.1) is 30.6 Å². The molecule has 0 radical (unpaired) electrons. The van der Waals surface area contributed by atoms with Crippen molar-refractivity contribution in [2.24, 2.45) is 5.92 Å². The molecule has 34 heavy (non-hydrogen) atoms. The molecule has 176 valence electrons. The quantitative estimate of drug-likeness (QED) is 0.529. The first-order valence-electron chi connectivity index (χ1n) is 11.8. The van der Waals surface area contributed by atoms with E-state index < -0.39 is 11.6 Å². The first-order valence-corrected chi connectivity index (χ1v) is 11.8. The maximum Gasteiger partial charge on any atom is 0.229 e. The van der Waals surface area contributed by atoms with E-state index in [1.165, 1.54) is 24.5 Å². The third-order valence-electron chi connectivity index (χ3n) is 6.80. The predicted octanol–water partition coefficient (Wildman–Crippen LogP) is 5.44. The molecule has 1 aromatic heterocycles. The SMILES string of the molecule is COc1ccc2c(c1)CCc1nc(NC(=O)Cc3ccc(F)c(F)c3)c(CC3CCCC3)nc1-2. The van der Waals surface area contributed by atoms with Gasteiger partial charge in [0.25, 0.3) is 0 Å². The van der Waals surface area contributed by atoms with Crippen LogP contribution in [0.15, 0.2) is 36.4 Å². The van der Waals surface area contributed by atoms with Crippen molar-refractivity contribution in [1.29, 1.82) is 0 Å². The van der Waals surface area contributed by atoms with Gasteiger partial charge in [0.15, 0.2) is 17.5 Å². The number of ether oxygens (including phenoxy) is 1. The molecule has 3 aromatic rings. The van der Waals surface area contributed by atoms with Crippen molar-refractivity contribution < 1.29 is 18.3 Å². The van der Waals surface area contributed by atoms with Crippen LogP contribution in [0.25, 0.3) is 11.3 Å². The predicted molar refractivity (Wildman–Crippen MR) is 126 cm³/mol. The highest BCUT2D eigenvalue weighted by atomic mass is 19.2. The number of benzene rings is 2. The number of nitrogens with zero attached hydrogens (tertiary/aromatic N) is 2. The van der Waals surface area contributed by atoms with E-state index in [-0.39, 0.29) is 12.3 Å². The number of amides is 1. The third kappa shape index (κ3) is 4.65. The molecule has 0 aliphatic heterocycles. The summed E-state index contributed by atoms with van der Waals surface area (Å²) >= 11 is 0. The van der Waals surface area contributed by atoms with Crippen LogP contribution >= 0.6 is 0 Å². The fourth-order valence-electron chi connectivity index (χ4n) is 5.02. The number of rotatable bonds is 6. The van der Waals surface area contributed by atoms with Crippen molar-refractivity contribution in [3.63, 3.8) is 0 Å². The normalized spacial score (nSPS) is 15.0. The Labute approximate surface area is 197 Å². The van der Waals surface area contributed by atoms with Gasteiger partial charge in [-0.3, -0.25) is 4.79 Å². The molecule has 7 heteroatoms. The molecule has 2 aliphatic carbocycles. The Kier molecular flexibility index (Phi) is 6.26. The van der Waals surface area contributed by atoms with Crippen molar-refractivity contribution in [2.75, 3.05) is 12.4 Å². The van der Waals surface area contributed by atoms with Crippen LogP contribution in [0, 0.1) is 17.6 Å². The Balaban J connectivity index is 1.45. The van der Waals surface area contributed by atoms with Crippen molar-refractivity contribution in [3.05, 3.63) is 70.5 Å². The molecule has 1 saturated carbocycles. The highest BCUT2D eigenvalue weighted by Gasteiger charge is 2.25. The standard InChI is InChI=1S/C27H27F2N3O2/c1-34-19-8-9-20-18(15-19)7-11-23-26(20)30-24(13-16-4-2-3-5-16)27(31-23)32-25(33)14-17-6-10-21(28)22(29)12-17/h6,8-10,12,15-16H,2-5,7,11,13-14H2,1H3,(H,31,32,33). The topological polar surface area (TPSA) is 64.1 Å². The van der Waals surface area contributed by atoms with Crippen LogP contribution in [0.2, 0.25) is 0 Å². The molecule has 0 spiro atoms. The summed E-state index contributed by atoms with van der Waals surface area (Å²) in [5, 5.41) is 2.91. The van der Waals surface area contributed by atoms with E-state index in [2.05, 4.69) is 5.32 Å². The van der Waals surface area contributed by atoms with Crippen LogP contribution in [-0.4, -0.2) is 23.0 Å². The van der Waals surface area contributed by atoms with Crippen molar-refractivity contribution in [2.45, 2.75) is 51.4 Å². The molecular weight excluding hydrogens is 436 g/mol. The monoisotopic (exact) mass is 463 g/mol. The molecule has 5 nitrogen and oxygen atoms in total. The molecule has 0 unspecified atom stereocenters. The average molecular weight is 464 g/mol.